The van der Waals surface area contributed by atoms with Crippen molar-refractivity contribution in [2.75, 3.05) is 23.8 Å². The molecular formula is C10H14ClN5O. The highest BCUT2D eigenvalue weighted by atomic mass is 35.5. The van der Waals surface area contributed by atoms with Crippen LogP contribution >= 0.6 is 11.6 Å². The lowest BCUT2D eigenvalue weighted by Gasteiger charge is -2.37. The molecule has 1 saturated carbocycles. The number of hydrogen-bond donors (Lipinski definition) is 1. The van der Waals surface area contributed by atoms with Gasteiger partial charge in [0.25, 0.3) is 0 Å². The molecule has 0 amide bonds. The molecule has 0 spiro atoms. The number of ether oxygens (including phenoxy) is 1. The first-order valence-electron chi connectivity index (χ1n) is 5.79. The molecule has 7 heteroatoms. The molecule has 2 N–H and O–H groups in total. The molecule has 92 valence electrons. The van der Waals surface area contributed by atoms with E-state index in [2.05, 4.69) is 19.9 Å². The Kier molecular flexibility index (Phi) is 2.76. The van der Waals surface area contributed by atoms with Gasteiger partial charge in [-0.3, -0.25) is 0 Å². The summed E-state index contributed by atoms with van der Waals surface area (Å²) in [6.07, 6.45) is 3.68. The van der Waals surface area contributed by atoms with Crippen LogP contribution in [-0.4, -0.2) is 40.2 Å². The zero-order valence-electron chi connectivity index (χ0n) is 9.34. The average Bonchev–Trinajstić information content (AvgIpc) is 2.75. The van der Waals surface area contributed by atoms with Gasteiger partial charge in [0.2, 0.25) is 17.2 Å². The summed E-state index contributed by atoms with van der Waals surface area (Å²) in [5.74, 6) is 0.740. The van der Waals surface area contributed by atoms with Gasteiger partial charge in [0.05, 0.1) is 18.8 Å². The standard InChI is InChI=1S/C10H14ClN5O/c11-8-13-9(12)15-10(14-8)16-4-5-17-7-3-1-2-6(7)16/h6-7H,1-5H2,(H2,12,13,14,15). The third-order valence-electron chi connectivity index (χ3n) is 3.35. The fourth-order valence-electron chi connectivity index (χ4n) is 2.66. The van der Waals surface area contributed by atoms with Crippen molar-refractivity contribution in [3.05, 3.63) is 5.28 Å². The summed E-state index contributed by atoms with van der Waals surface area (Å²) < 4.78 is 5.74. The summed E-state index contributed by atoms with van der Waals surface area (Å²) in [6.45, 7) is 1.48. The van der Waals surface area contributed by atoms with E-state index in [-0.39, 0.29) is 11.2 Å². The Morgan fingerprint density at radius 1 is 1.29 bits per heavy atom. The third-order valence-corrected chi connectivity index (χ3v) is 3.52. The second-order valence-electron chi connectivity index (χ2n) is 4.36. The molecule has 2 heterocycles. The Labute approximate surface area is 104 Å². The number of fused-ring (bicyclic) bond motifs is 1. The summed E-state index contributed by atoms with van der Waals surface area (Å²) >= 11 is 5.81. The van der Waals surface area contributed by atoms with Crippen LogP contribution in [-0.2, 0) is 4.74 Å². The molecule has 17 heavy (non-hydrogen) atoms. The molecule has 1 aliphatic heterocycles. The molecule has 0 radical (unpaired) electrons. The van der Waals surface area contributed by atoms with Crippen molar-refractivity contribution in [2.24, 2.45) is 0 Å². The number of halogens is 1. The van der Waals surface area contributed by atoms with E-state index in [1.807, 2.05) is 0 Å². The number of anilines is 2. The Balaban J connectivity index is 1.91. The molecule has 0 aromatic carbocycles. The highest BCUT2D eigenvalue weighted by Gasteiger charge is 2.37. The molecule has 0 bridgehead atoms. The van der Waals surface area contributed by atoms with E-state index in [0.717, 1.165) is 19.4 Å². The van der Waals surface area contributed by atoms with Gasteiger partial charge in [-0.15, -0.1) is 0 Å². The molecule has 1 aromatic heterocycles. The summed E-state index contributed by atoms with van der Waals surface area (Å²) in [7, 11) is 0. The van der Waals surface area contributed by atoms with Crippen LogP contribution in [0, 0.1) is 0 Å². The molecule has 3 rings (SSSR count). The normalized spacial score (nSPS) is 28.2. The van der Waals surface area contributed by atoms with Crippen LogP contribution in [0.1, 0.15) is 19.3 Å². The van der Waals surface area contributed by atoms with Gasteiger partial charge in [-0.05, 0) is 30.9 Å². The molecule has 2 unspecified atom stereocenters. The van der Waals surface area contributed by atoms with E-state index >= 15 is 0 Å². The largest absolute Gasteiger partial charge is 0.374 e. The lowest BCUT2D eigenvalue weighted by molar-refractivity contribution is 0.0250. The van der Waals surface area contributed by atoms with Gasteiger partial charge in [0.1, 0.15) is 0 Å². The fourth-order valence-corrected chi connectivity index (χ4v) is 2.82. The Morgan fingerprint density at radius 3 is 3.00 bits per heavy atom. The number of nitrogens with zero attached hydrogens (tertiary/aromatic N) is 4. The van der Waals surface area contributed by atoms with Crippen molar-refractivity contribution in [2.45, 2.75) is 31.4 Å². The SMILES string of the molecule is Nc1nc(Cl)nc(N2CCOC3CCCC32)n1. The topological polar surface area (TPSA) is 77.2 Å². The first-order valence-corrected chi connectivity index (χ1v) is 6.17. The van der Waals surface area contributed by atoms with Crippen molar-refractivity contribution in [3.8, 4) is 0 Å². The van der Waals surface area contributed by atoms with Crippen LogP contribution in [0.5, 0.6) is 0 Å². The molecule has 1 aromatic rings. The highest BCUT2D eigenvalue weighted by molar-refractivity contribution is 6.28. The van der Waals surface area contributed by atoms with E-state index in [1.54, 1.807) is 0 Å². The van der Waals surface area contributed by atoms with Gasteiger partial charge >= 0.3 is 0 Å². The molecule has 2 aliphatic rings. The molecule has 6 nitrogen and oxygen atoms in total. The number of nitrogen functional groups attached to an aromatic ring is 1. The van der Waals surface area contributed by atoms with Crippen LogP contribution in [0.4, 0.5) is 11.9 Å². The van der Waals surface area contributed by atoms with Crippen molar-refractivity contribution in [1.29, 1.82) is 0 Å². The second-order valence-corrected chi connectivity index (χ2v) is 4.70. The van der Waals surface area contributed by atoms with Crippen molar-refractivity contribution < 1.29 is 4.74 Å². The zero-order chi connectivity index (χ0) is 11.8. The van der Waals surface area contributed by atoms with E-state index in [1.165, 1.54) is 6.42 Å². The van der Waals surface area contributed by atoms with E-state index < -0.39 is 0 Å². The molecule has 1 aliphatic carbocycles. The first kappa shape index (κ1) is 11.0. The quantitative estimate of drug-likeness (QED) is 0.802. The first-order chi connectivity index (χ1) is 8.24. The zero-order valence-corrected chi connectivity index (χ0v) is 10.1. The Morgan fingerprint density at radius 2 is 2.18 bits per heavy atom. The maximum Gasteiger partial charge on any atom is 0.231 e. The summed E-state index contributed by atoms with van der Waals surface area (Å²) in [4.78, 5) is 14.2. The minimum absolute atomic E-state index is 0.147. The van der Waals surface area contributed by atoms with E-state index in [9.17, 15) is 0 Å². The number of morpholine rings is 1. The van der Waals surface area contributed by atoms with Crippen molar-refractivity contribution >= 4 is 23.5 Å². The summed E-state index contributed by atoms with van der Waals surface area (Å²) in [5.41, 5.74) is 5.60. The number of aromatic nitrogens is 3. The van der Waals surface area contributed by atoms with Crippen LogP contribution in [0.3, 0.4) is 0 Å². The van der Waals surface area contributed by atoms with Crippen molar-refractivity contribution in [1.82, 2.24) is 15.0 Å². The summed E-state index contributed by atoms with van der Waals surface area (Å²) in [6, 6.07) is 0.349. The maximum atomic E-state index is 5.81. The predicted octanol–water partition coefficient (Wildman–Crippen LogP) is 0.865. The molecule has 1 saturated heterocycles. The van der Waals surface area contributed by atoms with Crippen LogP contribution in [0.2, 0.25) is 5.28 Å². The second kappa shape index (κ2) is 4.27. The molecule has 2 atom stereocenters. The molecule has 2 fully saturated rings. The number of rotatable bonds is 1. The number of nitrogens with two attached hydrogens (primary N) is 1. The third kappa shape index (κ3) is 2.02. The van der Waals surface area contributed by atoms with Gasteiger partial charge in [0.15, 0.2) is 0 Å². The van der Waals surface area contributed by atoms with E-state index in [4.69, 9.17) is 22.1 Å². The van der Waals surface area contributed by atoms with E-state index in [0.29, 0.717) is 24.7 Å². The number of hydrogen-bond acceptors (Lipinski definition) is 6. The average molecular weight is 256 g/mol. The smallest absolute Gasteiger partial charge is 0.231 e. The van der Waals surface area contributed by atoms with Crippen LogP contribution < -0.4 is 10.6 Å². The Hall–Kier alpha value is -1.14. The fraction of sp³-hybridized carbons (Fsp3) is 0.700. The van der Waals surface area contributed by atoms with Crippen LogP contribution in [0.25, 0.3) is 0 Å². The van der Waals surface area contributed by atoms with Gasteiger partial charge in [-0.25, -0.2) is 0 Å². The van der Waals surface area contributed by atoms with Crippen LogP contribution in [0.15, 0.2) is 0 Å². The van der Waals surface area contributed by atoms with Gasteiger partial charge in [-0.2, -0.15) is 15.0 Å². The van der Waals surface area contributed by atoms with Gasteiger partial charge in [0, 0.05) is 6.54 Å². The maximum absolute atomic E-state index is 5.81. The molecular weight excluding hydrogens is 242 g/mol. The Bertz CT molecular complexity index is 409. The lowest BCUT2D eigenvalue weighted by Crippen LogP contribution is -2.49. The van der Waals surface area contributed by atoms with Gasteiger partial charge in [-0.1, -0.05) is 0 Å². The predicted molar refractivity (Wildman–Crippen MR) is 64.0 cm³/mol. The highest BCUT2D eigenvalue weighted by Crippen LogP contribution is 2.31. The lowest BCUT2D eigenvalue weighted by atomic mass is 10.1. The monoisotopic (exact) mass is 255 g/mol. The minimum Gasteiger partial charge on any atom is -0.374 e. The summed E-state index contributed by atoms with van der Waals surface area (Å²) in [5, 5.41) is 0.147. The van der Waals surface area contributed by atoms with Crippen molar-refractivity contribution in [3.63, 3.8) is 0 Å². The minimum atomic E-state index is 0.147. The van der Waals surface area contributed by atoms with Gasteiger partial charge < -0.3 is 15.4 Å².